The number of hydrogen-bond acceptors (Lipinski definition) is 5. The average molecular weight is 455 g/mol. The van der Waals surface area contributed by atoms with Gasteiger partial charge in [-0.25, -0.2) is 4.98 Å². The zero-order valence-corrected chi connectivity index (χ0v) is 18.8. The topological polar surface area (TPSA) is 78.3 Å². The molecule has 0 spiro atoms. The van der Waals surface area contributed by atoms with E-state index in [1.165, 1.54) is 12.4 Å². The SMILES string of the molecule is C=CC(=O)N[C@H]1CC[C@H](n2ccc3ncnc(Oc4ccc(Oc5ccccc5)cc4)c32)CC1. The third-order valence-electron chi connectivity index (χ3n) is 6.11. The van der Waals surface area contributed by atoms with Crippen LogP contribution in [0.1, 0.15) is 31.7 Å². The number of amides is 1. The van der Waals surface area contributed by atoms with E-state index in [9.17, 15) is 4.79 Å². The minimum Gasteiger partial charge on any atom is -0.457 e. The molecule has 34 heavy (non-hydrogen) atoms. The molecule has 0 atom stereocenters. The van der Waals surface area contributed by atoms with Gasteiger partial charge >= 0.3 is 0 Å². The van der Waals surface area contributed by atoms with Gasteiger partial charge in [0.2, 0.25) is 11.8 Å². The molecule has 1 saturated carbocycles. The molecule has 0 radical (unpaired) electrons. The highest BCUT2D eigenvalue weighted by Gasteiger charge is 2.25. The quantitative estimate of drug-likeness (QED) is 0.357. The van der Waals surface area contributed by atoms with Crippen LogP contribution in [-0.2, 0) is 4.79 Å². The van der Waals surface area contributed by atoms with Gasteiger partial charge in [-0.2, -0.15) is 4.98 Å². The monoisotopic (exact) mass is 454 g/mol. The summed E-state index contributed by atoms with van der Waals surface area (Å²) < 4.78 is 14.3. The van der Waals surface area contributed by atoms with Crippen molar-refractivity contribution in [3.05, 3.63) is 85.8 Å². The van der Waals surface area contributed by atoms with Crippen LogP contribution in [0.5, 0.6) is 23.1 Å². The van der Waals surface area contributed by atoms with Crippen LogP contribution in [0.4, 0.5) is 0 Å². The third kappa shape index (κ3) is 4.78. The summed E-state index contributed by atoms with van der Waals surface area (Å²) in [6.45, 7) is 3.53. The predicted molar refractivity (Wildman–Crippen MR) is 130 cm³/mol. The van der Waals surface area contributed by atoms with Crippen molar-refractivity contribution in [2.45, 2.75) is 37.8 Å². The minimum atomic E-state index is -0.112. The molecule has 0 unspecified atom stereocenters. The van der Waals surface area contributed by atoms with Crippen LogP contribution in [-0.4, -0.2) is 26.5 Å². The van der Waals surface area contributed by atoms with E-state index in [2.05, 4.69) is 32.6 Å². The molecule has 172 valence electrons. The Labute approximate surface area is 198 Å². The van der Waals surface area contributed by atoms with Gasteiger partial charge < -0.3 is 19.4 Å². The van der Waals surface area contributed by atoms with Crippen molar-refractivity contribution in [3.63, 3.8) is 0 Å². The van der Waals surface area contributed by atoms with Crippen LogP contribution in [0.15, 0.2) is 85.8 Å². The summed E-state index contributed by atoms with van der Waals surface area (Å²) in [5.41, 5.74) is 1.72. The number of fused-ring (bicyclic) bond motifs is 1. The Hall–Kier alpha value is -4.13. The van der Waals surface area contributed by atoms with Gasteiger partial charge in [0.25, 0.3) is 0 Å². The number of nitrogens with one attached hydrogen (secondary N) is 1. The molecule has 0 aliphatic heterocycles. The number of ether oxygens (including phenoxy) is 2. The Morgan fingerprint density at radius 2 is 1.59 bits per heavy atom. The first-order chi connectivity index (χ1) is 16.7. The number of hydrogen-bond donors (Lipinski definition) is 1. The molecule has 2 heterocycles. The van der Waals surface area contributed by atoms with E-state index in [-0.39, 0.29) is 11.9 Å². The molecule has 0 saturated heterocycles. The predicted octanol–water partition coefficient (Wildman–Crippen LogP) is 5.80. The lowest BCUT2D eigenvalue weighted by Gasteiger charge is -2.30. The van der Waals surface area contributed by atoms with E-state index < -0.39 is 0 Å². The van der Waals surface area contributed by atoms with E-state index in [0.29, 0.717) is 17.7 Å². The van der Waals surface area contributed by atoms with E-state index in [1.54, 1.807) is 0 Å². The zero-order chi connectivity index (χ0) is 23.3. The second kappa shape index (κ2) is 9.79. The van der Waals surface area contributed by atoms with Crippen molar-refractivity contribution in [3.8, 4) is 23.1 Å². The second-order valence-electron chi connectivity index (χ2n) is 8.34. The highest BCUT2D eigenvalue weighted by Crippen LogP contribution is 2.35. The molecule has 2 aromatic heterocycles. The summed E-state index contributed by atoms with van der Waals surface area (Å²) >= 11 is 0. The van der Waals surface area contributed by atoms with Crippen LogP contribution in [0, 0.1) is 0 Å². The van der Waals surface area contributed by atoms with Crippen LogP contribution in [0.3, 0.4) is 0 Å². The Morgan fingerprint density at radius 1 is 0.912 bits per heavy atom. The molecule has 1 N–H and O–H groups in total. The van der Waals surface area contributed by atoms with Crippen molar-refractivity contribution >= 4 is 16.9 Å². The highest BCUT2D eigenvalue weighted by molar-refractivity contribution is 5.87. The summed E-state index contributed by atoms with van der Waals surface area (Å²) in [6.07, 6.45) is 8.63. The van der Waals surface area contributed by atoms with Crippen molar-refractivity contribution in [2.24, 2.45) is 0 Å². The maximum Gasteiger partial charge on any atom is 0.247 e. The van der Waals surface area contributed by atoms with Crippen molar-refractivity contribution in [2.75, 3.05) is 0 Å². The molecule has 7 nitrogen and oxygen atoms in total. The highest BCUT2D eigenvalue weighted by atomic mass is 16.5. The van der Waals surface area contributed by atoms with Crippen molar-refractivity contribution < 1.29 is 14.3 Å². The van der Waals surface area contributed by atoms with E-state index >= 15 is 0 Å². The first kappa shape index (κ1) is 21.7. The van der Waals surface area contributed by atoms with Gasteiger partial charge in [-0.3, -0.25) is 4.79 Å². The number of rotatable bonds is 7. The van der Waals surface area contributed by atoms with Gasteiger partial charge in [0, 0.05) is 18.3 Å². The Morgan fingerprint density at radius 3 is 2.29 bits per heavy atom. The van der Waals surface area contributed by atoms with E-state index in [0.717, 1.165) is 48.2 Å². The summed E-state index contributed by atoms with van der Waals surface area (Å²) in [5.74, 6) is 2.59. The number of para-hydroxylation sites is 1. The average Bonchev–Trinajstić information content (AvgIpc) is 3.31. The zero-order valence-electron chi connectivity index (χ0n) is 18.8. The van der Waals surface area contributed by atoms with Crippen molar-refractivity contribution in [1.82, 2.24) is 19.9 Å². The lowest BCUT2D eigenvalue weighted by Crippen LogP contribution is -2.36. The molecule has 7 heteroatoms. The summed E-state index contributed by atoms with van der Waals surface area (Å²) in [5, 5.41) is 3.01. The summed E-state index contributed by atoms with van der Waals surface area (Å²) in [7, 11) is 0. The molecule has 1 fully saturated rings. The van der Waals surface area contributed by atoms with Gasteiger partial charge in [-0.15, -0.1) is 0 Å². The number of benzene rings is 2. The van der Waals surface area contributed by atoms with Crippen LogP contribution < -0.4 is 14.8 Å². The molecule has 1 aliphatic rings. The van der Waals surface area contributed by atoms with Crippen LogP contribution in [0.25, 0.3) is 11.0 Å². The molecule has 4 aromatic rings. The largest absolute Gasteiger partial charge is 0.457 e. The fourth-order valence-electron chi connectivity index (χ4n) is 4.41. The summed E-state index contributed by atoms with van der Waals surface area (Å²) in [4.78, 5) is 20.5. The smallest absolute Gasteiger partial charge is 0.247 e. The molecular weight excluding hydrogens is 428 g/mol. The normalized spacial score (nSPS) is 17.8. The maximum atomic E-state index is 11.6. The lowest BCUT2D eigenvalue weighted by molar-refractivity contribution is -0.117. The third-order valence-corrected chi connectivity index (χ3v) is 6.11. The molecular formula is C27H26N4O3. The van der Waals surface area contributed by atoms with E-state index in [1.807, 2.05) is 60.7 Å². The Kier molecular flexibility index (Phi) is 6.25. The van der Waals surface area contributed by atoms with Gasteiger partial charge in [0.1, 0.15) is 29.1 Å². The standard InChI is InChI=1S/C27H26N4O3/c1-2-25(32)30-19-8-10-20(11-9-19)31-17-16-24-26(31)27(29-18-28-24)34-23-14-12-22(13-15-23)33-21-6-4-3-5-7-21/h2-7,12-20H,1,8-11H2,(H,30,32)/t19-,20-. The minimum absolute atomic E-state index is 0.112. The molecule has 0 bridgehead atoms. The van der Waals surface area contributed by atoms with Crippen LogP contribution >= 0.6 is 0 Å². The first-order valence-corrected chi connectivity index (χ1v) is 11.4. The van der Waals surface area contributed by atoms with Crippen LogP contribution in [0.2, 0.25) is 0 Å². The number of carbonyl (C=O) groups excluding carboxylic acids is 1. The number of carbonyl (C=O) groups is 1. The Balaban J connectivity index is 1.31. The molecule has 1 amide bonds. The first-order valence-electron chi connectivity index (χ1n) is 11.4. The fraction of sp³-hybridized carbons (Fsp3) is 0.222. The van der Waals surface area contributed by atoms with Gasteiger partial charge in [-0.1, -0.05) is 24.8 Å². The summed E-state index contributed by atoms with van der Waals surface area (Å²) in [6, 6.07) is 19.6. The van der Waals surface area contributed by atoms with Gasteiger partial charge in [-0.05, 0) is 74.2 Å². The lowest BCUT2D eigenvalue weighted by atomic mass is 9.91. The fourth-order valence-corrected chi connectivity index (χ4v) is 4.41. The number of nitrogens with zero attached hydrogens (tertiary/aromatic N) is 3. The molecule has 1 aliphatic carbocycles. The molecule has 2 aromatic carbocycles. The van der Waals surface area contributed by atoms with Crippen molar-refractivity contribution in [1.29, 1.82) is 0 Å². The maximum absolute atomic E-state index is 11.6. The number of aromatic nitrogens is 3. The Bertz CT molecular complexity index is 1280. The van der Waals surface area contributed by atoms with E-state index in [4.69, 9.17) is 9.47 Å². The molecule has 5 rings (SSSR count). The van der Waals surface area contributed by atoms with Gasteiger partial charge in [0.05, 0.1) is 5.52 Å². The second-order valence-corrected chi connectivity index (χ2v) is 8.34. The van der Waals surface area contributed by atoms with Gasteiger partial charge in [0.15, 0.2) is 0 Å².